The van der Waals surface area contributed by atoms with Gasteiger partial charge in [-0.3, -0.25) is 13.7 Å². The molecule has 2 aliphatic heterocycles. The minimum absolute atomic E-state index is 0.0638. The van der Waals surface area contributed by atoms with Crippen LogP contribution in [0.2, 0.25) is 0 Å². The molecule has 4 aromatic rings. The summed E-state index contributed by atoms with van der Waals surface area (Å²) < 4.78 is 50.1. The highest BCUT2D eigenvalue weighted by Crippen LogP contribution is 2.52. The van der Waals surface area contributed by atoms with Crippen LogP contribution in [0, 0.1) is 0 Å². The number of nitrogens with two attached hydrogens (primary N) is 2. The largest absolute Gasteiger partial charge is 0.382 e. The quantitative estimate of drug-likeness (QED) is 0.0895. The molecule has 232 valence electrons. The molecule has 18 nitrogen and oxygen atoms in total. The summed E-state index contributed by atoms with van der Waals surface area (Å²) in [5.74, 6) is 0.339. The van der Waals surface area contributed by atoms with E-state index in [1.54, 1.807) is 10.9 Å². The highest BCUT2D eigenvalue weighted by Gasteiger charge is 2.50. The van der Waals surface area contributed by atoms with Crippen LogP contribution >= 0.6 is 25.6 Å². The van der Waals surface area contributed by atoms with Crippen molar-refractivity contribution in [2.24, 2.45) is 0 Å². The van der Waals surface area contributed by atoms with E-state index < -0.39 is 50.3 Å². The molecule has 4 aromatic heterocycles. The molecule has 8 N–H and O–H groups in total. The Kier molecular flexibility index (Phi) is 8.42. The number of ether oxygens (including phenoxy) is 2. The molecule has 2 aliphatic rings. The predicted octanol–water partition coefficient (Wildman–Crippen LogP) is 0.555. The maximum atomic E-state index is 16.0. The molecular formula is C20H27FN12O6P2S2. The van der Waals surface area contributed by atoms with Crippen molar-refractivity contribution in [3.63, 3.8) is 0 Å². The molecule has 0 spiro atoms. The number of nitrogen functional groups attached to an aromatic ring is 2. The molecule has 6 rings (SSSR count). The summed E-state index contributed by atoms with van der Waals surface area (Å²) in [6, 6.07) is 0. The van der Waals surface area contributed by atoms with E-state index in [0.29, 0.717) is 24.0 Å². The van der Waals surface area contributed by atoms with Crippen molar-refractivity contribution in [2.75, 3.05) is 24.6 Å². The van der Waals surface area contributed by atoms with Crippen molar-refractivity contribution in [3.8, 4) is 0 Å². The molecule has 2 fully saturated rings. The van der Waals surface area contributed by atoms with Gasteiger partial charge in [0.05, 0.1) is 18.8 Å². The first-order chi connectivity index (χ1) is 20.4. The van der Waals surface area contributed by atoms with Crippen LogP contribution in [0.5, 0.6) is 0 Å². The van der Waals surface area contributed by atoms with Crippen LogP contribution in [-0.2, 0) is 30.4 Å². The van der Waals surface area contributed by atoms with Gasteiger partial charge in [-0.2, -0.15) is 0 Å². The smallest absolute Gasteiger partial charge is 0.324 e. The Morgan fingerprint density at radius 2 is 1.63 bits per heavy atom. The van der Waals surface area contributed by atoms with Gasteiger partial charge in [-0.05, 0) is 24.6 Å². The summed E-state index contributed by atoms with van der Waals surface area (Å²) in [5.41, 5.74) is 13.1. The van der Waals surface area contributed by atoms with E-state index in [2.05, 4.69) is 64.1 Å². The van der Waals surface area contributed by atoms with Crippen molar-refractivity contribution in [1.29, 1.82) is 0 Å². The molecule has 0 radical (unpaired) electrons. The fourth-order valence-electron chi connectivity index (χ4n) is 5.02. The van der Waals surface area contributed by atoms with E-state index in [0.717, 1.165) is 0 Å². The summed E-state index contributed by atoms with van der Waals surface area (Å²) in [6.07, 6.45) is -0.135. The third-order valence-electron chi connectivity index (χ3n) is 6.99. The SMILES string of the molecule is Nc1ncnc2c1ncn2[C@@H]1O[C@H](CNP(O)(O)=S)[C@@H](OP(=O)(S)NC[C@@H]2CC[C@H](n3cnc4c(N)ncnc43)O2)[C@H]1F. The van der Waals surface area contributed by atoms with Gasteiger partial charge in [-0.1, -0.05) is 12.2 Å². The fraction of sp³-hybridized carbons (Fsp3) is 0.500. The van der Waals surface area contributed by atoms with Gasteiger partial charge in [0.2, 0.25) is 0 Å². The molecule has 0 aliphatic carbocycles. The molecule has 7 atom stereocenters. The molecular weight excluding hydrogens is 649 g/mol. The summed E-state index contributed by atoms with van der Waals surface area (Å²) in [5, 5.41) is 5.07. The zero-order chi connectivity index (χ0) is 30.5. The average molecular weight is 677 g/mol. The van der Waals surface area contributed by atoms with Gasteiger partial charge >= 0.3 is 6.72 Å². The first-order valence-corrected chi connectivity index (χ1v) is 18.3. The second-order valence-electron chi connectivity index (χ2n) is 9.82. The molecule has 2 saturated heterocycles. The first-order valence-electron chi connectivity index (χ1n) is 12.8. The molecule has 0 amide bonds. The maximum absolute atomic E-state index is 16.0. The number of thiol groups is 1. The second-order valence-corrected chi connectivity index (χ2v) is 15.9. The monoisotopic (exact) mass is 676 g/mol. The number of hydrogen-bond acceptors (Lipinski definition) is 13. The van der Waals surface area contributed by atoms with E-state index in [1.165, 1.54) is 23.5 Å². The van der Waals surface area contributed by atoms with E-state index in [1.807, 2.05) is 0 Å². The lowest BCUT2D eigenvalue weighted by molar-refractivity contribution is -0.0182. The van der Waals surface area contributed by atoms with Crippen LogP contribution in [0.15, 0.2) is 25.3 Å². The minimum atomic E-state index is -3.97. The van der Waals surface area contributed by atoms with Crippen molar-refractivity contribution in [3.05, 3.63) is 25.3 Å². The number of fused-ring (bicyclic) bond motifs is 2. The van der Waals surface area contributed by atoms with E-state index in [9.17, 15) is 14.4 Å². The highest BCUT2D eigenvalue weighted by atomic mass is 32.7. The van der Waals surface area contributed by atoms with Crippen molar-refractivity contribution < 1.29 is 32.7 Å². The third kappa shape index (κ3) is 6.38. The lowest BCUT2D eigenvalue weighted by atomic mass is 10.1. The van der Waals surface area contributed by atoms with Crippen LogP contribution < -0.4 is 21.6 Å². The van der Waals surface area contributed by atoms with Crippen LogP contribution in [-0.4, -0.2) is 86.4 Å². The zero-order valence-electron chi connectivity index (χ0n) is 22.0. The van der Waals surface area contributed by atoms with Gasteiger partial charge in [-0.15, -0.1) is 0 Å². The Morgan fingerprint density at radius 1 is 1.00 bits per heavy atom. The Hall–Kier alpha value is -2.42. The number of imidazole rings is 2. The minimum Gasteiger partial charge on any atom is -0.382 e. The van der Waals surface area contributed by atoms with Crippen LogP contribution in [0.25, 0.3) is 22.3 Å². The van der Waals surface area contributed by atoms with Crippen LogP contribution in [0.4, 0.5) is 16.0 Å². The second kappa shape index (κ2) is 11.8. The van der Waals surface area contributed by atoms with E-state index in [-0.39, 0.29) is 35.9 Å². The number of nitrogens with one attached hydrogen (secondary N) is 2. The normalized spacial score (nSPS) is 27.7. The zero-order valence-corrected chi connectivity index (χ0v) is 25.5. The maximum Gasteiger partial charge on any atom is 0.324 e. The average Bonchev–Trinajstić information content (AvgIpc) is 3.73. The number of anilines is 2. The standard InChI is InChI=1S/C20H27FN12O6P2S2/c21-12-15(10(4-30-40(34,35)42)38-20(12)33-8-29-14-17(23)25-6-27-19(14)33)39-41(36,43)31-3-9-1-2-11(37-9)32-7-28-13-16(22)24-5-26-18(13)32/h5-12,15,20H,1-4H2,(H2,22,24,26)(H2,23,25,27)(H2,31,36,43)(H3,30,34,35,42)/t9-,10+,11+,12+,15+,20+,41?/m0/s1. The molecule has 1 unspecified atom stereocenters. The van der Waals surface area contributed by atoms with Crippen LogP contribution in [0.3, 0.4) is 0 Å². The molecule has 6 heterocycles. The van der Waals surface area contributed by atoms with Gasteiger partial charge < -0.3 is 35.3 Å². The van der Waals surface area contributed by atoms with Crippen molar-refractivity contribution in [2.45, 2.75) is 49.8 Å². The number of halogens is 1. The first kappa shape index (κ1) is 30.6. The van der Waals surface area contributed by atoms with Gasteiger partial charge in [0.1, 0.15) is 42.1 Å². The highest BCUT2D eigenvalue weighted by molar-refractivity contribution is 8.45. The molecule has 0 aromatic carbocycles. The Bertz CT molecular complexity index is 1740. The summed E-state index contributed by atoms with van der Waals surface area (Å²) in [4.78, 5) is 43.9. The molecule has 43 heavy (non-hydrogen) atoms. The van der Waals surface area contributed by atoms with Gasteiger partial charge in [-0.25, -0.2) is 44.5 Å². The van der Waals surface area contributed by atoms with Crippen molar-refractivity contribution in [1.82, 2.24) is 49.2 Å². The fourth-order valence-corrected chi connectivity index (χ4v) is 7.32. The third-order valence-corrected chi connectivity index (χ3v) is 9.79. The van der Waals surface area contributed by atoms with Gasteiger partial charge in [0.25, 0.3) is 6.64 Å². The number of aromatic nitrogens is 8. The number of nitrogens with zero attached hydrogens (tertiary/aromatic N) is 8. The summed E-state index contributed by atoms with van der Waals surface area (Å²) in [7, 11) is 0. The lowest BCUT2D eigenvalue weighted by Gasteiger charge is -2.25. The topological polar surface area (TPSA) is 249 Å². The lowest BCUT2D eigenvalue weighted by Crippen LogP contribution is -2.38. The van der Waals surface area contributed by atoms with E-state index in [4.69, 9.17) is 25.5 Å². The molecule has 0 saturated carbocycles. The Labute approximate surface area is 252 Å². The predicted molar refractivity (Wildman–Crippen MR) is 158 cm³/mol. The van der Waals surface area contributed by atoms with Crippen LogP contribution in [0.1, 0.15) is 25.3 Å². The van der Waals surface area contributed by atoms with Gasteiger partial charge in [0.15, 0.2) is 35.3 Å². The summed E-state index contributed by atoms with van der Waals surface area (Å²) in [6.45, 7) is -8.12. The Balaban J connectivity index is 1.14. The summed E-state index contributed by atoms with van der Waals surface area (Å²) >= 11 is 8.79. The van der Waals surface area contributed by atoms with E-state index >= 15 is 4.39 Å². The Morgan fingerprint density at radius 3 is 2.28 bits per heavy atom. The molecule has 0 bridgehead atoms. The van der Waals surface area contributed by atoms with Gasteiger partial charge in [0, 0.05) is 13.1 Å². The number of rotatable bonds is 10. The number of hydrogen-bond donors (Lipinski definition) is 7. The van der Waals surface area contributed by atoms with Crippen molar-refractivity contribution >= 4 is 71.4 Å². The number of alkyl halides is 1. The molecule has 23 heteroatoms.